The molecule has 1 aliphatic heterocycles. The zero-order chi connectivity index (χ0) is 14.4. The van der Waals surface area contributed by atoms with Crippen molar-refractivity contribution in [2.45, 2.75) is 32.7 Å². The van der Waals surface area contributed by atoms with Gasteiger partial charge in [-0.15, -0.1) is 0 Å². The van der Waals surface area contributed by atoms with Crippen LogP contribution < -0.4 is 11.1 Å². The number of hydrogen-bond acceptors (Lipinski definition) is 4. The number of urea groups is 1. The number of rotatable bonds is 4. The number of carbonyl (C=O) groups excluding carboxylic acids is 3. The summed E-state index contributed by atoms with van der Waals surface area (Å²) in [6.45, 7) is 4.01. The topological polar surface area (TPSA) is 102 Å². The Balaban J connectivity index is 2.49. The summed E-state index contributed by atoms with van der Waals surface area (Å²) in [5.41, 5.74) is 5.27. The molecular formula is C12H21N3O4. The molecule has 3 amide bonds. The van der Waals surface area contributed by atoms with Gasteiger partial charge in [0.25, 0.3) is 0 Å². The van der Waals surface area contributed by atoms with Gasteiger partial charge in [0.2, 0.25) is 5.91 Å². The van der Waals surface area contributed by atoms with Crippen molar-refractivity contribution in [3.63, 3.8) is 0 Å². The zero-order valence-corrected chi connectivity index (χ0v) is 11.3. The van der Waals surface area contributed by atoms with Crippen LogP contribution in [0.1, 0.15) is 26.7 Å². The maximum absolute atomic E-state index is 11.9. The summed E-state index contributed by atoms with van der Waals surface area (Å²) in [5, 5.41) is 2.49. The SMILES string of the molecule is CCOC(=O)CNC(=O)N1CC(C(N)=O)CCC1C. The van der Waals surface area contributed by atoms with Gasteiger partial charge in [-0.25, -0.2) is 4.79 Å². The van der Waals surface area contributed by atoms with Gasteiger partial charge in [-0.05, 0) is 26.7 Å². The van der Waals surface area contributed by atoms with E-state index in [0.29, 0.717) is 13.0 Å². The van der Waals surface area contributed by atoms with Crippen LogP contribution in [0.2, 0.25) is 0 Å². The first-order valence-electron chi connectivity index (χ1n) is 6.45. The predicted octanol–water partition coefficient (Wildman–Crippen LogP) is -0.155. The number of nitrogens with two attached hydrogens (primary N) is 1. The Kier molecular flexibility index (Phi) is 5.59. The molecule has 7 heteroatoms. The standard InChI is InChI=1S/C12H21N3O4/c1-3-19-10(16)6-14-12(18)15-7-9(11(13)17)5-4-8(15)2/h8-9H,3-7H2,1-2H3,(H2,13,17)(H,14,18). The van der Waals surface area contributed by atoms with Gasteiger partial charge in [-0.3, -0.25) is 9.59 Å². The second-order valence-electron chi connectivity index (χ2n) is 4.64. The first-order valence-corrected chi connectivity index (χ1v) is 6.45. The number of nitrogens with zero attached hydrogens (tertiary/aromatic N) is 1. The second kappa shape index (κ2) is 6.96. The molecule has 0 radical (unpaired) electrons. The highest BCUT2D eigenvalue weighted by Gasteiger charge is 2.31. The van der Waals surface area contributed by atoms with Crippen LogP contribution in [0.3, 0.4) is 0 Å². The van der Waals surface area contributed by atoms with Crippen molar-refractivity contribution in [1.82, 2.24) is 10.2 Å². The third-order valence-electron chi connectivity index (χ3n) is 3.23. The van der Waals surface area contributed by atoms with Gasteiger partial charge in [-0.2, -0.15) is 0 Å². The number of esters is 1. The Bertz CT molecular complexity index is 359. The van der Waals surface area contributed by atoms with Gasteiger partial charge in [-0.1, -0.05) is 0 Å². The second-order valence-corrected chi connectivity index (χ2v) is 4.64. The largest absolute Gasteiger partial charge is 0.465 e. The molecule has 0 spiro atoms. The lowest BCUT2D eigenvalue weighted by Gasteiger charge is -2.36. The van der Waals surface area contributed by atoms with Gasteiger partial charge in [0.05, 0.1) is 12.5 Å². The molecule has 1 fully saturated rings. The summed E-state index contributed by atoms with van der Waals surface area (Å²) in [6.07, 6.45) is 1.42. The van der Waals surface area contributed by atoms with E-state index in [4.69, 9.17) is 10.5 Å². The Labute approximate surface area is 112 Å². The van der Waals surface area contributed by atoms with E-state index in [9.17, 15) is 14.4 Å². The summed E-state index contributed by atoms with van der Waals surface area (Å²) < 4.78 is 4.72. The van der Waals surface area contributed by atoms with Crippen LogP contribution in [0, 0.1) is 5.92 Å². The van der Waals surface area contributed by atoms with Crippen molar-refractivity contribution in [3.8, 4) is 0 Å². The lowest BCUT2D eigenvalue weighted by Crippen LogP contribution is -2.52. The van der Waals surface area contributed by atoms with Crippen LogP contribution in [0.4, 0.5) is 4.79 Å². The molecule has 1 aliphatic rings. The first-order chi connectivity index (χ1) is 8.95. The van der Waals surface area contributed by atoms with E-state index in [-0.39, 0.29) is 31.1 Å². The number of ether oxygens (including phenoxy) is 1. The molecule has 0 saturated carbocycles. The molecule has 19 heavy (non-hydrogen) atoms. The minimum absolute atomic E-state index is 0.0257. The van der Waals surface area contributed by atoms with E-state index < -0.39 is 11.9 Å². The van der Waals surface area contributed by atoms with Crippen LogP contribution in [0.25, 0.3) is 0 Å². The molecule has 0 aliphatic carbocycles. The number of piperidine rings is 1. The average molecular weight is 271 g/mol. The number of nitrogens with one attached hydrogen (secondary N) is 1. The summed E-state index contributed by atoms with van der Waals surface area (Å²) in [5.74, 6) is -1.19. The number of primary amides is 1. The number of likely N-dealkylation sites (tertiary alicyclic amines) is 1. The smallest absolute Gasteiger partial charge is 0.325 e. The molecule has 2 unspecified atom stereocenters. The average Bonchev–Trinajstić information content (AvgIpc) is 2.36. The van der Waals surface area contributed by atoms with Crippen LogP contribution in [-0.4, -0.2) is 48.5 Å². The molecule has 0 bridgehead atoms. The van der Waals surface area contributed by atoms with E-state index in [0.717, 1.165) is 6.42 Å². The Morgan fingerprint density at radius 1 is 1.37 bits per heavy atom. The summed E-state index contributed by atoms with van der Waals surface area (Å²) >= 11 is 0. The molecule has 0 aromatic carbocycles. The highest BCUT2D eigenvalue weighted by atomic mass is 16.5. The monoisotopic (exact) mass is 271 g/mol. The Hall–Kier alpha value is -1.79. The maximum Gasteiger partial charge on any atom is 0.325 e. The number of hydrogen-bond donors (Lipinski definition) is 2. The Morgan fingerprint density at radius 2 is 2.05 bits per heavy atom. The van der Waals surface area contributed by atoms with Crippen LogP contribution in [0.15, 0.2) is 0 Å². The summed E-state index contributed by atoms with van der Waals surface area (Å²) in [4.78, 5) is 35.8. The molecule has 1 rings (SSSR count). The van der Waals surface area contributed by atoms with E-state index in [1.165, 1.54) is 4.90 Å². The fourth-order valence-corrected chi connectivity index (χ4v) is 2.08. The molecule has 1 saturated heterocycles. The van der Waals surface area contributed by atoms with Crippen molar-refractivity contribution >= 4 is 17.9 Å². The third-order valence-corrected chi connectivity index (χ3v) is 3.23. The Morgan fingerprint density at radius 3 is 2.63 bits per heavy atom. The maximum atomic E-state index is 11.9. The molecule has 1 heterocycles. The zero-order valence-electron chi connectivity index (χ0n) is 11.3. The number of carbonyl (C=O) groups is 3. The normalized spacial score (nSPS) is 22.7. The molecular weight excluding hydrogens is 250 g/mol. The van der Waals surface area contributed by atoms with Crippen molar-refractivity contribution in [1.29, 1.82) is 0 Å². The highest BCUT2D eigenvalue weighted by molar-refractivity contribution is 5.82. The van der Waals surface area contributed by atoms with Crippen molar-refractivity contribution in [2.75, 3.05) is 19.7 Å². The lowest BCUT2D eigenvalue weighted by molar-refractivity contribution is -0.141. The minimum atomic E-state index is -0.480. The van der Waals surface area contributed by atoms with Crippen LogP contribution in [0.5, 0.6) is 0 Å². The van der Waals surface area contributed by atoms with E-state index in [1.807, 2.05) is 6.92 Å². The quantitative estimate of drug-likeness (QED) is 0.694. The van der Waals surface area contributed by atoms with Crippen LogP contribution in [-0.2, 0) is 14.3 Å². The number of amides is 3. The van der Waals surface area contributed by atoms with E-state index >= 15 is 0 Å². The van der Waals surface area contributed by atoms with E-state index in [2.05, 4.69) is 5.32 Å². The van der Waals surface area contributed by atoms with E-state index in [1.54, 1.807) is 6.92 Å². The molecule has 7 nitrogen and oxygen atoms in total. The summed E-state index contributed by atoms with van der Waals surface area (Å²) in [6, 6.07) is -0.343. The summed E-state index contributed by atoms with van der Waals surface area (Å²) in [7, 11) is 0. The van der Waals surface area contributed by atoms with Crippen molar-refractivity contribution in [2.24, 2.45) is 11.7 Å². The fraction of sp³-hybridized carbons (Fsp3) is 0.750. The van der Waals surface area contributed by atoms with Crippen molar-refractivity contribution < 1.29 is 19.1 Å². The van der Waals surface area contributed by atoms with Gasteiger partial charge < -0.3 is 20.7 Å². The molecule has 108 valence electrons. The van der Waals surface area contributed by atoms with Crippen LogP contribution >= 0.6 is 0 Å². The van der Waals surface area contributed by atoms with Gasteiger partial charge in [0, 0.05) is 12.6 Å². The lowest BCUT2D eigenvalue weighted by atomic mass is 9.93. The van der Waals surface area contributed by atoms with Crippen molar-refractivity contribution in [3.05, 3.63) is 0 Å². The highest BCUT2D eigenvalue weighted by Crippen LogP contribution is 2.21. The predicted molar refractivity (Wildman–Crippen MR) is 68.1 cm³/mol. The molecule has 3 N–H and O–H groups in total. The molecule has 0 aromatic rings. The first kappa shape index (κ1) is 15.3. The molecule has 2 atom stereocenters. The van der Waals surface area contributed by atoms with Gasteiger partial charge in [0.1, 0.15) is 6.54 Å². The van der Waals surface area contributed by atoms with Gasteiger partial charge >= 0.3 is 12.0 Å². The van der Waals surface area contributed by atoms with Gasteiger partial charge in [0.15, 0.2) is 0 Å². The fourth-order valence-electron chi connectivity index (χ4n) is 2.08. The minimum Gasteiger partial charge on any atom is -0.465 e. The molecule has 0 aromatic heterocycles. The third kappa shape index (κ3) is 4.42.